The number of hydrogen-bond donors (Lipinski definition) is 1. The number of benzene rings is 1. The lowest BCUT2D eigenvalue weighted by atomic mass is 9.82. The first-order chi connectivity index (χ1) is 15.4. The average Bonchev–Trinajstić information content (AvgIpc) is 3.17. The van der Waals surface area contributed by atoms with Crippen LogP contribution >= 0.6 is 0 Å². The molecule has 0 unspecified atom stereocenters. The van der Waals surface area contributed by atoms with Crippen LogP contribution in [0, 0.1) is 0 Å². The molecule has 0 aliphatic heterocycles. The van der Waals surface area contributed by atoms with Gasteiger partial charge in [-0.2, -0.15) is 13.2 Å². The number of aromatic nitrogens is 2. The molecule has 33 heavy (non-hydrogen) atoms. The molecule has 1 N–H and O–H groups in total. The van der Waals surface area contributed by atoms with Crippen LogP contribution in [0.15, 0.2) is 35.3 Å². The lowest BCUT2D eigenvalue weighted by Crippen LogP contribution is -2.34. The van der Waals surface area contributed by atoms with Gasteiger partial charge in [-0.25, -0.2) is 0 Å². The Labute approximate surface area is 183 Å². The van der Waals surface area contributed by atoms with Crippen molar-refractivity contribution in [3.63, 3.8) is 0 Å². The summed E-state index contributed by atoms with van der Waals surface area (Å²) in [5, 5.41) is 10.2. The minimum Gasteiger partial charge on any atom is -0.484 e. The molecule has 1 aliphatic rings. The maximum Gasteiger partial charge on any atom is 0.522 e. The number of carbonyl (C=O) groups is 1. The number of nitrogens with one attached hydrogen (secondary N) is 1. The van der Waals surface area contributed by atoms with E-state index in [0.29, 0.717) is 5.57 Å². The van der Waals surface area contributed by atoms with E-state index in [1.165, 1.54) is 0 Å². The van der Waals surface area contributed by atoms with Gasteiger partial charge in [0, 0.05) is 18.0 Å². The van der Waals surface area contributed by atoms with Crippen molar-refractivity contribution < 1.29 is 45.0 Å². The number of nitrogens with zero attached hydrogens (tertiary/aromatic N) is 2. The largest absolute Gasteiger partial charge is 0.522 e. The second kappa shape index (κ2) is 9.81. The molecule has 3 rings (SSSR count). The highest BCUT2D eigenvalue weighted by atomic mass is 19.4. The van der Waals surface area contributed by atoms with E-state index >= 15 is 0 Å². The normalized spacial score (nSPS) is 18.5. The SMILES string of the molecule is C=C(CCNC(=O)COc1ccc(C(F)(F)F)cc1)c1nnc([C@H]2C[C@@H](OC(F)(F)F)C2)o1. The van der Waals surface area contributed by atoms with Crippen LogP contribution in [0.3, 0.4) is 0 Å². The first-order valence-electron chi connectivity index (χ1n) is 9.73. The molecule has 0 spiro atoms. The van der Waals surface area contributed by atoms with Gasteiger partial charge in [0.15, 0.2) is 6.61 Å². The van der Waals surface area contributed by atoms with Gasteiger partial charge in [-0.1, -0.05) is 6.58 Å². The number of halogens is 6. The van der Waals surface area contributed by atoms with Crippen LogP contribution in [0.4, 0.5) is 26.3 Å². The molecule has 1 aliphatic carbocycles. The molecule has 180 valence electrons. The molecule has 1 fully saturated rings. The molecular weight excluding hydrogens is 460 g/mol. The van der Waals surface area contributed by atoms with E-state index in [1.807, 2.05) is 0 Å². The lowest BCUT2D eigenvalue weighted by molar-refractivity contribution is -0.352. The Bertz CT molecular complexity index is 965. The van der Waals surface area contributed by atoms with Crippen LogP contribution in [0.1, 0.15) is 42.5 Å². The molecule has 2 aromatic rings. The van der Waals surface area contributed by atoms with Crippen LogP contribution in [0.5, 0.6) is 5.75 Å². The first kappa shape index (κ1) is 24.6. The Morgan fingerprint density at radius 2 is 1.79 bits per heavy atom. The Kier molecular flexibility index (Phi) is 7.30. The van der Waals surface area contributed by atoms with Crippen LogP contribution < -0.4 is 10.1 Å². The third-order valence-electron chi connectivity index (χ3n) is 4.79. The van der Waals surface area contributed by atoms with E-state index in [2.05, 4.69) is 26.8 Å². The van der Waals surface area contributed by atoms with E-state index in [4.69, 9.17) is 9.15 Å². The Hall–Kier alpha value is -3.09. The Morgan fingerprint density at radius 3 is 2.39 bits per heavy atom. The molecule has 0 atom stereocenters. The summed E-state index contributed by atoms with van der Waals surface area (Å²) in [6.07, 6.45) is -9.60. The van der Waals surface area contributed by atoms with E-state index < -0.39 is 36.7 Å². The standard InChI is InChI=1S/C20H19F6N3O4/c1-11(17-28-29-18(32-17)12-8-15(9-12)33-20(24,25)26)6-7-27-16(30)10-31-14-4-2-13(3-5-14)19(21,22)23/h2-5,12,15H,1,6-10H2,(H,27,30)/t12-,15+. The minimum atomic E-state index is -4.68. The van der Waals surface area contributed by atoms with E-state index in [1.54, 1.807) is 0 Å². The second-order valence-electron chi connectivity index (χ2n) is 7.31. The molecule has 1 aromatic carbocycles. The van der Waals surface area contributed by atoms with Gasteiger partial charge in [-0.05, 0) is 43.5 Å². The maximum atomic E-state index is 12.5. The fraction of sp³-hybridized carbons (Fsp3) is 0.450. The molecular formula is C20H19F6N3O4. The zero-order chi connectivity index (χ0) is 24.2. The molecule has 1 saturated carbocycles. The number of alkyl halides is 6. The Morgan fingerprint density at radius 1 is 1.12 bits per heavy atom. The molecule has 0 radical (unpaired) electrons. The van der Waals surface area contributed by atoms with Crippen molar-refractivity contribution in [3.8, 4) is 5.75 Å². The highest BCUT2D eigenvalue weighted by Gasteiger charge is 2.42. The van der Waals surface area contributed by atoms with E-state index in [-0.39, 0.29) is 49.3 Å². The van der Waals surface area contributed by atoms with Gasteiger partial charge in [0.05, 0.1) is 11.7 Å². The third-order valence-corrected chi connectivity index (χ3v) is 4.79. The van der Waals surface area contributed by atoms with Crippen molar-refractivity contribution in [3.05, 3.63) is 48.2 Å². The maximum absolute atomic E-state index is 12.5. The highest BCUT2D eigenvalue weighted by Crippen LogP contribution is 2.41. The van der Waals surface area contributed by atoms with Gasteiger partial charge in [-0.3, -0.25) is 9.53 Å². The minimum absolute atomic E-state index is 0.111. The van der Waals surface area contributed by atoms with Crippen molar-refractivity contribution >= 4 is 11.5 Å². The van der Waals surface area contributed by atoms with Crippen molar-refractivity contribution in [1.29, 1.82) is 0 Å². The second-order valence-corrected chi connectivity index (χ2v) is 7.31. The predicted molar refractivity (Wildman–Crippen MR) is 101 cm³/mol. The fourth-order valence-corrected chi connectivity index (χ4v) is 2.99. The van der Waals surface area contributed by atoms with Gasteiger partial charge >= 0.3 is 12.5 Å². The Balaban J connectivity index is 1.35. The van der Waals surface area contributed by atoms with Crippen LogP contribution in [-0.4, -0.2) is 41.7 Å². The summed E-state index contributed by atoms with van der Waals surface area (Å²) in [4.78, 5) is 11.8. The smallest absolute Gasteiger partial charge is 0.484 e. The van der Waals surface area contributed by atoms with Crippen molar-refractivity contribution in [2.75, 3.05) is 13.2 Å². The molecule has 0 saturated heterocycles. The molecule has 1 amide bonds. The van der Waals surface area contributed by atoms with Gasteiger partial charge in [0.2, 0.25) is 11.8 Å². The molecule has 1 heterocycles. The molecule has 7 nitrogen and oxygen atoms in total. The van der Waals surface area contributed by atoms with Crippen molar-refractivity contribution in [2.45, 2.75) is 43.8 Å². The summed E-state index contributed by atoms with van der Waals surface area (Å²) < 4.78 is 88.6. The lowest BCUT2D eigenvalue weighted by Gasteiger charge is -2.32. The van der Waals surface area contributed by atoms with Gasteiger partial charge in [-0.15, -0.1) is 23.4 Å². The van der Waals surface area contributed by atoms with Crippen LogP contribution in [0.2, 0.25) is 0 Å². The summed E-state index contributed by atoms with van der Waals surface area (Å²) in [5.41, 5.74) is -0.408. The van der Waals surface area contributed by atoms with E-state index in [0.717, 1.165) is 24.3 Å². The molecule has 13 heteroatoms. The highest BCUT2D eigenvalue weighted by molar-refractivity contribution is 5.77. The van der Waals surface area contributed by atoms with E-state index in [9.17, 15) is 31.1 Å². The van der Waals surface area contributed by atoms with Gasteiger partial charge in [0.1, 0.15) is 5.75 Å². The van der Waals surface area contributed by atoms with Crippen molar-refractivity contribution in [1.82, 2.24) is 15.5 Å². The predicted octanol–water partition coefficient (Wildman–Crippen LogP) is 4.47. The van der Waals surface area contributed by atoms with Gasteiger partial charge < -0.3 is 14.5 Å². The number of rotatable bonds is 9. The topological polar surface area (TPSA) is 86.5 Å². The average molecular weight is 479 g/mol. The zero-order valence-electron chi connectivity index (χ0n) is 17.0. The zero-order valence-corrected chi connectivity index (χ0v) is 17.0. The quantitative estimate of drug-likeness (QED) is 0.535. The van der Waals surface area contributed by atoms with Crippen LogP contribution in [-0.2, 0) is 15.7 Å². The molecule has 1 aromatic heterocycles. The fourth-order valence-electron chi connectivity index (χ4n) is 2.99. The monoisotopic (exact) mass is 479 g/mol. The number of amides is 1. The first-order valence-corrected chi connectivity index (χ1v) is 9.73. The summed E-state index contributed by atoms with van der Waals surface area (Å²) >= 11 is 0. The van der Waals surface area contributed by atoms with Gasteiger partial charge in [0.25, 0.3) is 5.91 Å². The summed E-state index contributed by atoms with van der Waals surface area (Å²) in [6, 6.07) is 3.93. The van der Waals surface area contributed by atoms with Crippen LogP contribution in [0.25, 0.3) is 5.57 Å². The molecule has 0 bridgehead atoms. The summed E-state index contributed by atoms with van der Waals surface area (Å²) in [6.45, 7) is 3.53. The summed E-state index contributed by atoms with van der Waals surface area (Å²) in [5.74, 6) is -0.407. The third kappa shape index (κ3) is 7.20. The summed E-state index contributed by atoms with van der Waals surface area (Å²) in [7, 11) is 0. The number of ether oxygens (including phenoxy) is 2. The van der Waals surface area contributed by atoms with Crippen molar-refractivity contribution in [2.24, 2.45) is 0 Å². The number of carbonyl (C=O) groups excluding carboxylic acids is 1. The number of hydrogen-bond acceptors (Lipinski definition) is 6.